The first kappa shape index (κ1) is 29.7. The van der Waals surface area contributed by atoms with Crippen molar-refractivity contribution in [3.05, 3.63) is 88.5 Å². The van der Waals surface area contributed by atoms with E-state index < -0.39 is 22.8 Å². The van der Waals surface area contributed by atoms with Gasteiger partial charge in [0.05, 0.1) is 13.2 Å². The molecule has 0 heterocycles. The predicted molar refractivity (Wildman–Crippen MR) is 150 cm³/mol. The largest absolute Gasteiger partial charge is 0.466 e. The topological polar surface area (TPSA) is 126 Å². The second-order valence-corrected chi connectivity index (χ2v) is 9.89. The molecule has 0 saturated carbocycles. The van der Waals surface area contributed by atoms with Crippen molar-refractivity contribution in [1.82, 2.24) is 16.0 Å². The van der Waals surface area contributed by atoms with Crippen LogP contribution in [-0.2, 0) is 20.9 Å². The number of alkyl halides is 1. The van der Waals surface area contributed by atoms with E-state index in [-0.39, 0.29) is 30.9 Å². The van der Waals surface area contributed by atoms with E-state index in [1.807, 2.05) is 30.3 Å². The van der Waals surface area contributed by atoms with Crippen LogP contribution < -0.4 is 21.3 Å². The summed E-state index contributed by atoms with van der Waals surface area (Å²) in [7, 11) is 0. The summed E-state index contributed by atoms with van der Waals surface area (Å²) in [6.45, 7) is 2.05. The number of nitrogens with one attached hydrogen (secondary N) is 4. The lowest BCUT2D eigenvalue weighted by Crippen LogP contribution is -2.47. The lowest BCUT2D eigenvalue weighted by atomic mass is 9.96. The Hall–Kier alpha value is -3.82. The van der Waals surface area contributed by atoms with Crippen molar-refractivity contribution in [3.63, 3.8) is 0 Å². The molecule has 2 aromatic carbocycles. The number of carbonyl (C=O) groups excluding carboxylic acids is 4. The van der Waals surface area contributed by atoms with Crippen LogP contribution in [0.2, 0.25) is 0 Å². The first-order valence-corrected chi connectivity index (χ1v) is 13.1. The summed E-state index contributed by atoms with van der Waals surface area (Å²) in [5.41, 5.74) is 2.41. The summed E-state index contributed by atoms with van der Waals surface area (Å²) in [5, 5.41) is 11.0. The molecule has 0 aromatic heterocycles. The molecule has 39 heavy (non-hydrogen) atoms. The number of urea groups is 1. The highest BCUT2D eigenvalue weighted by atomic mass is 35.5. The van der Waals surface area contributed by atoms with Crippen LogP contribution in [0.4, 0.5) is 10.5 Å². The molecule has 206 valence electrons. The Bertz CT molecular complexity index is 1270. The molecule has 11 heteroatoms. The highest BCUT2D eigenvalue weighted by molar-refractivity contribution is 6.33. The fourth-order valence-corrected chi connectivity index (χ4v) is 4.65. The summed E-state index contributed by atoms with van der Waals surface area (Å²) in [6, 6.07) is 15.4. The van der Waals surface area contributed by atoms with E-state index >= 15 is 0 Å². The van der Waals surface area contributed by atoms with Gasteiger partial charge in [-0.15, -0.1) is 0 Å². The van der Waals surface area contributed by atoms with Gasteiger partial charge in [-0.05, 0) is 49.3 Å². The molecular weight excluding hydrogens is 543 g/mol. The minimum Gasteiger partial charge on any atom is -0.466 e. The normalized spacial score (nSPS) is 16.3. The molecule has 1 atom stereocenters. The smallest absolute Gasteiger partial charge is 0.319 e. The van der Waals surface area contributed by atoms with Crippen LogP contribution in [0.15, 0.2) is 77.4 Å². The number of hydrogen-bond donors (Lipinski definition) is 4. The second kappa shape index (κ2) is 14.4. The standard InChI is InChI=1S/C28H30Cl2N4O5/c1-2-39-25(36)12-11-20-13-22(29)16-28(30,15-20)34-24(35)18-31-26(37)21-9-6-10-23(14-21)33-27(38)32-17-19-7-4-3-5-8-19/h3-10,13-14,16H,2,11-12,15,17-18H2,1H3,(H,31,37)(H,34,35)(H2,32,33,38). The molecular formula is C28H30Cl2N4O5. The van der Waals surface area contributed by atoms with Gasteiger partial charge < -0.3 is 26.0 Å². The summed E-state index contributed by atoms with van der Waals surface area (Å²) in [6.07, 6.45) is 4.01. The zero-order valence-corrected chi connectivity index (χ0v) is 22.9. The Morgan fingerprint density at radius 2 is 1.79 bits per heavy atom. The van der Waals surface area contributed by atoms with Crippen molar-refractivity contribution in [3.8, 4) is 0 Å². The van der Waals surface area contributed by atoms with E-state index in [1.165, 1.54) is 12.1 Å². The number of carbonyl (C=O) groups is 4. The van der Waals surface area contributed by atoms with Gasteiger partial charge in [-0.25, -0.2) is 4.79 Å². The van der Waals surface area contributed by atoms with Crippen molar-refractivity contribution >= 4 is 52.7 Å². The van der Waals surface area contributed by atoms with Crippen LogP contribution in [-0.4, -0.2) is 42.0 Å². The van der Waals surface area contributed by atoms with Gasteiger partial charge >= 0.3 is 12.0 Å². The summed E-state index contributed by atoms with van der Waals surface area (Å²) < 4.78 is 4.94. The molecule has 4 N–H and O–H groups in total. The highest BCUT2D eigenvalue weighted by Crippen LogP contribution is 2.33. The van der Waals surface area contributed by atoms with E-state index in [9.17, 15) is 19.2 Å². The Morgan fingerprint density at radius 3 is 2.54 bits per heavy atom. The summed E-state index contributed by atoms with van der Waals surface area (Å²) in [5.74, 6) is -1.36. The third-order valence-corrected chi connectivity index (χ3v) is 6.14. The van der Waals surface area contributed by atoms with E-state index in [1.54, 1.807) is 31.2 Å². The fourth-order valence-electron chi connectivity index (χ4n) is 3.85. The Labute approximate surface area is 237 Å². The van der Waals surface area contributed by atoms with Gasteiger partial charge in [-0.3, -0.25) is 14.4 Å². The number of halogens is 2. The molecule has 3 rings (SSSR count). The fraction of sp³-hybridized carbons (Fsp3) is 0.286. The lowest BCUT2D eigenvalue weighted by Gasteiger charge is -2.29. The summed E-state index contributed by atoms with van der Waals surface area (Å²) >= 11 is 12.8. The first-order valence-electron chi connectivity index (χ1n) is 12.4. The van der Waals surface area contributed by atoms with Crippen LogP contribution in [0, 0.1) is 0 Å². The number of anilines is 1. The van der Waals surface area contributed by atoms with Crippen molar-refractivity contribution in [1.29, 1.82) is 0 Å². The molecule has 0 bridgehead atoms. The van der Waals surface area contributed by atoms with Gasteiger partial charge in [-0.1, -0.05) is 65.2 Å². The van der Waals surface area contributed by atoms with Crippen molar-refractivity contribution in [2.24, 2.45) is 0 Å². The minimum atomic E-state index is -1.30. The van der Waals surface area contributed by atoms with Crippen molar-refractivity contribution in [2.75, 3.05) is 18.5 Å². The monoisotopic (exact) mass is 572 g/mol. The van der Waals surface area contributed by atoms with Crippen LogP contribution in [0.1, 0.15) is 42.1 Å². The molecule has 0 spiro atoms. The van der Waals surface area contributed by atoms with Crippen molar-refractivity contribution < 1.29 is 23.9 Å². The SMILES string of the molecule is CCOC(=O)CCC1=CC(Cl)=CC(Cl)(NC(=O)CNC(=O)c2cccc(NC(=O)NCc3ccccc3)c2)C1. The second-order valence-electron chi connectivity index (χ2n) is 8.78. The summed E-state index contributed by atoms with van der Waals surface area (Å²) in [4.78, 5) is 47.8. The number of allylic oxidation sites excluding steroid dienone is 2. The quantitative estimate of drug-likeness (QED) is 0.178. The average Bonchev–Trinajstić information content (AvgIpc) is 2.89. The molecule has 1 aliphatic rings. The molecule has 2 aromatic rings. The highest BCUT2D eigenvalue weighted by Gasteiger charge is 2.31. The van der Waals surface area contributed by atoms with E-state index in [0.29, 0.717) is 30.3 Å². The third-order valence-electron chi connectivity index (χ3n) is 5.58. The zero-order chi connectivity index (χ0) is 28.3. The maximum atomic E-state index is 12.6. The number of hydrogen-bond acceptors (Lipinski definition) is 5. The van der Waals surface area contributed by atoms with E-state index in [2.05, 4.69) is 21.3 Å². The molecule has 1 aliphatic carbocycles. The van der Waals surface area contributed by atoms with Crippen LogP contribution in [0.5, 0.6) is 0 Å². The number of ether oxygens (including phenoxy) is 1. The molecule has 0 fully saturated rings. The Balaban J connectivity index is 1.48. The minimum absolute atomic E-state index is 0.170. The average molecular weight is 573 g/mol. The van der Waals surface area contributed by atoms with E-state index in [0.717, 1.165) is 11.1 Å². The zero-order valence-electron chi connectivity index (χ0n) is 21.4. The first-order chi connectivity index (χ1) is 18.7. The van der Waals surface area contributed by atoms with Gasteiger partial charge in [0.2, 0.25) is 5.91 Å². The molecule has 0 radical (unpaired) electrons. The predicted octanol–water partition coefficient (Wildman–Crippen LogP) is 4.59. The molecule has 0 saturated heterocycles. The molecule has 9 nitrogen and oxygen atoms in total. The van der Waals surface area contributed by atoms with Gasteiger partial charge in [0.1, 0.15) is 5.00 Å². The van der Waals surface area contributed by atoms with Crippen LogP contribution >= 0.6 is 23.2 Å². The van der Waals surface area contributed by atoms with Gasteiger partial charge in [0, 0.05) is 35.7 Å². The Morgan fingerprint density at radius 1 is 1.03 bits per heavy atom. The van der Waals surface area contributed by atoms with Gasteiger partial charge in [0.25, 0.3) is 5.91 Å². The van der Waals surface area contributed by atoms with Gasteiger partial charge in [-0.2, -0.15) is 0 Å². The number of benzene rings is 2. The molecule has 1 unspecified atom stereocenters. The maximum Gasteiger partial charge on any atom is 0.319 e. The third kappa shape index (κ3) is 10.1. The number of esters is 1. The number of rotatable bonds is 11. The van der Waals surface area contributed by atoms with Crippen LogP contribution in [0.3, 0.4) is 0 Å². The lowest BCUT2D eigenvalue weighted by molar-refractivity contribution is -0.143. The Kier molecular flexibility index (Phi) is 11.0. The van der Waals surface area contributed by atoms with Crippen molar-refractivity contribution in [2.45, 2.75) is 37.7 Å². The number of amides is 4. The van der Waals surface area contributed by atoms with Crippen LogP contribution in [0.25, 0.3) is 0 Å². The molecule has 0 aliphatic heterocycles. The van der Waals surface area contributed by atoms with Gasteiger partial charge in [0.15, 0.2) is 0 Å². The maximum absolute atomic E-state index is 12.6. The molecule has 4 amide bonds. The van der Waals surface area contributed by atoms with E-state index in [4.69, 9.17) is 27.9 Å².